The lowest BCUT2D eigenvalue weighted by Crippen LogP contribution is -2.38. The molecule has 0 bridgehead atoms. The average Bonchev–Trinajstić information content (AvgIpc) is 3.02. The van der Waals surface area contributed by atoms with Gasteiger partial charge in [0.05, 0.1) is 10.2 Å². The maximum absolute atomic E-state index is 12.0. The second kappa shape index (κ2) is 11.8. The summed E-state index contributed by atoms with van der Waals surface area (Å²) in [5.74, 6) is 0. The first-order valence-corrected chi connectivity index (χ1v) is 15.9. The molecule has 17 nitrogen and oxygen atoms in total. The van der Waals surface area contributed by atoms with Gasteiger partial charge >= 0.3 is 5.69 Å². The van der Waals surface area contributed by atoms with Gasteiger partial charge in [-0.1, -0.05) is 19.3 Å². The van der Waals surface area contributed by atoms with Crippen LogP contribution in [0.25, 0.3) is 0 Å². The molecule has 1 saturated heterocycles. The Hall–Kier alpha value is -0.300. The number of aliphatic hydroxyl groups is 2. The summed E-state index contributed by atoms with van der Waals surface area (Å²) in [5, 5.41) is 22.3. The highest BCUT2D eigenvalue weighted by atomic mass is 127. The minimum Gasteiger partial charge on any atom is -0.766 e. The van der Waals surface area contributed by atoms with Gasteiger partial charge in [0.15, 0.2) is 6.23 Å². The van der Waals surface area contributed by atoms with Crippen LogP contribution in [0, 0.1) is 3.57 Å². The van der Waals surface area contributed by atoms with Crippen LogP contribution in [0.15, 0.2) is 15.8 Å². The van der Waals surface area contributed by atoms with Crippen LogP contribution in [-0.4, -0.2) is 50.7 Å². The van der Waals surface area contributed by atoms with Crippen LogP contribution in [0.2, 0.25) is 0 Å². The molecular weight excluding hydrogens is 666 g/mol. The van der Waals surface area contributed by atoms with Crippen molar-refractivity contribution in [3.05, 3.63) is 30.6 Å². The number of halogens is 1. The summed E-state index contributed by atoms with van der Waals surface area (Å²) in [5.41, 5.74) is -1.71. The van der Waals surface area contributed by atoms with Gasteiger partial charge in [0.25, 0.3) is 21.2 Å². The highest BCUT2D eigenvalue weighted by molar-refractivity contribution is 14.1. The van der Waals surface area contributed by atoms with Crippen molar-refractivity contribution in [3.63, 3.8) is 0 Å². The summed E-state index contributed by atoms with van der Waals surface area (Å²) < 4.78 is 53.9. The van der Waals surface area contributed by atoms with Crippen LogP contribution in [0.3, 0.4) is 0 Å². The molecule has 0 radical (unpaired) electrons. The van der Waals surface area contributed by atoms with Crippen LogP contribution < -0.4 is 31.0 Å². The number of aromatic amines is 1. The third-order valence-corrected chi connectivity index (χ3v) is 10.5. The molecular formula is C15H22IN3O14P3-3. The van der Waals surface area contributed by atoms with Gasteiger partial charge < -0.3 is 34.2 Å². The average molecular weight is 688 g/mol. The maximum Gasteiger partial charge on any atom is 0.330 e. The monoisotopic (exact) mass is 688 g/mol. The predicted molar refractivity (Wildman–Crippen MR) is 121 cm³/mol. The van der Waals surface area contributed by atoms with Crippen molar-refractivity contribution in [1.29, 1.82) is 0 Å². The molecule has 2 aliphatic rings. The van der Waals surface area contributed by atoms with Crippen molar-refractivity contribution < 1.29 is 56.5 Å². The molecule has 0 aromatic carbocycles. The van der Waals surface area contributed by atoms with E-state index < -0.39 is 71.8 Å². The third kappa shape index (κ3) is 8.10. The van der Waals surface area contributed by atoms with E-state index in [9.17, 15) is 48.2 Å². The molecule has 7 atom stereocenters. The zero-order valence-electron chi connectivity index (χ0n) is 18.2. The number of phosphoric acid groups is 2. The van der Waals surface area contributed by atoms with Crippen molar-refractivity contribution in [2.24, 2.45) is 0 Å². The fourth-order valence-corrected chi connectivity index (χ4v) is 7.95. The third-order valence-electron chi connectivity index (χ3n) is 5.29. The van der Waals surface area contributed by atoms with Gasteiger partial charge in [-0.2, -0.15) is 0 Å². The first kappa shape index (κ1) is 30.2. The number of hydrogen-bond donors (Lipinski definition) is 4. The molecule has 2 heterocycles. The highest BCUT2D eigenvalue weighted by Gasteiger charge is 2.45. The first-order chi connectivity index (χ1) is 16.6. The van der Waals surface area contributed by atoms with E-state index in [0.29, 0.717) is 25.7 Å². The quantitative estimate of drug-likeness (QED) is 0.155. The van der Waals surface area contributed by atoms with Gasteiger partial charge in [-0.25, -0.2) is 9.11 Å². The largest absolute Gasteiger partial charge is 0.766 e. The Kier molecular flexibility index (Phi) is 9.94. The summed E-state index contributed by atoms with van der Waals surface area (Å²) in [6.07, 6.45) is -2.53. The lowest BCUT2D eigenvalue weighted by atomic mass is 9.96. The van der Waals surface area contributed by atoms with Gasteiger partial charge in [0.2, 0.25) is 7.75 Å². The normalized spacial score (nSPS) is 30.4. The Labute approximate surface area is 216 Å². The second-order valence-corrected chi connectivity index (χ2v) is 13.8. The van der Waals surface area contributed by atoms with E-state index in [1.54, 1.807) is 22.6 Å². The lowest BCUT2D eigenvalue weighted by molar-refractivity contribution is -0.246. The lowest BCUT2D eigenvalue weighted by Gasteiger charge is -2.37. The molecule has 4 N–H and O–H groups in total. The number of aliphatic hydroxyl groups excluding tert-OH is 2. The minimum absolute atomic E-state index is 0.0366. The molecule has 2 fully saturated rings. The topological polar surface area (TPSA) is 265 Å². The fourth-order valence-electron chi connectivity index (χ4n) is 3.68. The number of nitrogens with zero attached hydrogens (tertiary/aromatic N) is 1. The van der Waals surface area contributed by atoms with E-state index in [-0.39, 0.29) is 3.57 Å². The zero-order valence-corrected chi connectivity index (χ0v) is 23.0. The van der Waals surface area contributed by atoms with Crippen molar-refractivity contribution in [3.8, 4) is 0 Å². The number of phosphoric ester groups is 1. The number of aromatic nitrogens is 2. The van der Waals surface area contributed by atoms with E-state index >= 15 is 0 Å². The summed E-state index contributed by atoms with van der Waals surface area (Å²) in [6, 6.07) is -0.573. The fraction of sp³-hybridized carbons (Fsp3) is 0.733. The van der Waals surface area contributed by atoms with Crippen molar-refractivity contribution in [2.75, 3.05) is 6.61 Å². The summed E-state index contributed by atoms with van der Waals surface area (Å²) in [7, 11) is -17.0. The first-order valence-electron chi connectivity index (χ1n) is 10.4. The molecule has 3 rings (SSSR count). The maximum atomic E-state index is 12.0. The number of ether oxygens (including phenoxy) is 1. The molecule has 21 heteroatoms. The Morgan fingerprint density at radius 2 is 1.72 bits per heavy atom. The molecule has 206 valence electrons. The Morgan fingerprint density at radius 3 is 2.36 bits per heavy atom. The van der Waals surface area contributed by atoms with Gasteiger partial charge in [0.1, 0.15) is 18.3 Å². The van der Waals surface area contributed by atoms with Gasteiger partial charge in [-0.3, -0.25) is 37.4 Å². The van der Waals surface area contributed by atoms with Crippen LogP contribution in [0.1, 0.15) is 38.3 Å². The Morgan fingerprint density at radius 1 is 1.08 bits per heavy atom. The van der Waals surface area contributed by atoms with Crippen molar-refractivity contribution in [2.45, 2.75) is 62.7 Å². The SMILES string of the molecule is O=c1[nH]c(=O)n([C@@H]2O[C@H](COP(=O)([O-])OP(=O)([O-])OP(=O)([O-])NC3CCCCC3)[C@H](O)C2O)cc1I. The molecule has 1 aliphatic heterocycles. The predicted octanol–water partition coefficient (Wildman–Crippen LogP) is -1.86. The molecule has 1 aromatic heterocycles. The molecule has 0 amide bonds. The van der Waals surface area contributed by atoms with Crippen molar-refractivity contribution in [1.82, 2.24) is 14.6 Å². The summed E-state index contributed by atoms with van der Waals surface area (Å²) >= 11 is 1.60. The molecule has 0 spiro atoms. The molecule has 1 saturated carbocycles. The minimum atomic E-state index is -5.99. The van der Waals surface area contributed by atoms with E-state index in [4.69, 9.17) is 4.74 Å². The second-order valence-electron chi connectivity index (χ2n) is 8.00. The van der Waals surface area contributed by atoms with Crippen LogP contribution in [0.4, 0.5) is 0 Å². The van der Waals surface area contributed by atoms with Gasteiger partial charge in [-0.05, 0) is 35.4 Å². The zero-order chi connectivity index (χ0) is 26.9. The van der Waals surface area contributed by atoms with Gasteiger partial charge in [0, 0.05) is 12.2 Å². The number of rotatable bonds is 10. The Bertz CT molecular complexity index is 1200. The van der Waals surface area contributed by atoms with E-state index in [2.05, 4.69) is 13.1 Å². The van der Waals surface area contributed by atoms with Crippen LogP contribution >= 0.6 is 46.0 Å². The highest BCUT2D eigenvalue weighted by Crippen LogP contribution is 2.61. The number of hydrogen-bond acceptors (Lipinski definition) is 14. The van der Waals surface area contributed by atoms with E-state index in [0.717, 1.165) is 17.2 Å². The molecule has 1 aromatic rings. The molecule has 4 unspecified atom stereocenters. The molecule has 36 heavy (non-hydrogen) atoms. The van der Waals surface area contributed by atoms with E-state index in [1.165, 1.54) is 0 Å². The van der Waals surface area contributed by atoms with E-state index in [1.807, 2.05) is 10.1 Å². The standard InChI is InChI=1S/C15H25IN3O14P3/c16-9-6-19(15(23)17-13(9)22)14-12(21)11(20)10(31-14)7-30-35(26,27)33-36(28,29)32-34(24,25)18-8-4-2-1-3-5-8/h6,8,10-12,14,20-21H,1-5,7H2,(H,26,27)(H,28,29)(H,17,22,23)(H2,18,24,25)/p-3/t10-,11+,12?,14-/m1/s1. The van der Waals surface area contributed by atoms with Crippen molar-refractivity contribution >= 4 is 46.0 Å². The summed E-state index contributed by atoms with van der Waals surface area (Å²) in [6.45, 7) is -1.10. The smallest absolute Gasteiger partial charge is 0.330 e. The number of nitrogens with one attached hydrogen (secondary N) is 2. The van der Waals surface area contributed by atoms with Crippen LogP contribution in [-0.2, 0) is 31.6 Å². The number of H-pyrrole nitrogens is 1. The summed E-state index contributed by atoms with van der Waals surface area (Å²) in [4.78, 5) is 61.3. The van der Waals surface area contributed by atoms with Crippen LogP contribution in [0.5, 0.6) is 0 Å². The van der Waals surface area contributed by atoms with Gasteiger partial charge in [-0.15, -0.1) is 0 Å². The molecule has 1 aliphatic carbocycles. The Balaban J connectivity index is 1.59.